The summed E-state index contributed by atoms with van der Waals surface area (Å²) in [7, 11) is -2.14. The predicted octanol–water partition coefficient (Wildman–Crippen LogP) is 3.33. The summed E-state index contributed by atoms with van der Waals surface area (Å²) in [6, 6.07) is 7.88. The number of nitrogens with zero attached hydrogens (tertiary/aromatic N) is 1. The molecule has 0 unspecified atom stereocenters. The van der Waals surface area contributed by atoms with Gasteiger partial charge in [0.05, 0.1) is 0 Å². The third kappa shape index (κ3) is 2.44. The van der Waals surface area contributed by atoms with Crippen molar-refractivity contribution in [3.05, 3.63) is 50.1 Å². The number of carbonyl (C=O) groups is 1. The van der Waals surface area contributed by atoms with Crippen molar-refractivity contribution >= 4 is 67.5 Å². The minimum absolute atomic E-state index is 0.0233. The van der Waals surface area contributed by atoms with Gasteiger partial charge >= 0.3 is 161 Å². The molecule has 1 aromatic heterocycles. The number of phenols is 1. The van der Waals surface area contributed by atoms with Gasteiger partial charge in [-0.2, -0.15) is 0 Å². The molecular formula is C18H14INO2SeSi. The summed E-state index contributed by atoms with van der Waals surface area (Å²) >= 11 is 2.58. The van der Waals surface area contributed by atoms with Crippen molar-refractivity contribution in [1.29, 1.82) is 0 Å². The van der Waals surface area contributed by atoms with Crippen LogP contribution in [-0.2, 0) is 4.79 Å². The summed E-state index contributed by atoms with van der Waals surface area (Å²) in [5.74, 6) is 0.342. The first kappa shape index (κ1) is 16.3. The van der Waals surface area contributed by atoms with Crippen molar-refractivity contribution in [3.8, 4) is 15.8 Å². The zero-order chi connectivity index (χ0) is 17.1. The van der Waals surface area contributed by atoms with E-state index < -0.39 is 8.07 Å². The molecule has 1 aromatic carbocycles. The maximum absolute atomic E-state index is 11.9. The van der Waals surface area contributed by atoms with E-state index in [4.69, 9.17) is 4.99 Å². The first-order chi connectivity index (χ1) is 11.4. The van der Waals surface area contributed by atoms with Gasteiger partial charge in [0.25, 0.3) is 0 Å². The molecule has 6 heteroatoms. The second-order valence-electron chi connectivity index (χ2n) is 6.37. The Balaban J connectivity index is 2.06. The summed E-state index contributed by atoms with van der Waals surface area (Å²) in [6.07, 6.45) is 5.14. The number of phenolic OH excluding ortho intramolecular Hbond substituents is 1. The number of benzene rings is 1. The quantitative estimate of drug-likeness (QED) is 0.364. The number of hydrogen-bond acceptors (Lipinski definition) is 3. The Morgan fingerprint density at radius 2 is 1.96 bits per heavy atom. The zero-order valence-corrected chi connectivity index (χ0v) is 18.0. The van der Waals surface area contributed by atoms with Crippen molar-refractivity contribution < 1.29 is 9.90 Å². The topological polar surface area (TPSA) is 49.7 Å². The van der Waals surface area contributed by atoms with Gasteiger partial charge in [-0.3, -0.25) is 0 Å². The van der Waals surface area contributed by atoms with Crippen molar-refractivity contribution in [2.45, 2.75) is 13.1 Å². The van der Waals surface area contributed by atoms with E-state index in [0.717, 1.165) is 27.3 Å². The Bertz CT molecular complexity index is 985. The minimum atomic E-state index is -2.14. The van der Waals surface area contributed by atoms with E-state index in [1.54, 1.807) is 18.2 Å². The first-order valence-electron chi connectivity index (χ1n) is 7.53. The monoisotopic (exact) mass is 511 g/mol. The second kappa shape index (κ2) is 5.66. The molecule has 3 nitrogen and oxygen atoms in total. The molecule has 2 aromatic rings. The number of rotatable bonds is 1. The van der Waals surface area contributed by atoms with E-state index in [2.05, 4.69) is 47.8 Å². The van der Waals surface area contributed by atoms with Crippen molar-refractivity contribution in [2.75, 3.05) is 0 Å². The summed E-state index contributed by atoms with van der Waals surface area (Å²) in [5.41, 5.74) is 2.77. The Labute approximate surface area is 160 Å². The molecule has 0 bridgehead atoms. The number of aliphatic imine (C=N–C) groups is 1. The molecule has 1 N–H and O–H groups in total. The van der Waals surface area contributed by atoms with E-state index in [9.17, 15) is 9.90 Å². The van der Waals surface area contributed by atoms with E-state index in [1.165, 1.54) is 6.88 Å². The fourth-order valence-corrected chi connectivity index (χ4v) is 9.88. The molecule has 0 spiro atoms. The van der Waals surface area contributed by atoms with Crippen LogP contribution >= 0.6 is 22.6 Å². The van der Waals surface area contributed by atoms with Gasteiger partial charge in [0, 0.05) is 0 Å². The van der Waals surface area contributed by atoms with Gasteiger partial charge < -0.3 is 0 Å². The SMILES string of the molecule is C[Si]1(C)C2=CC(=O)C=CC2=Nc2ccc(O)c(-c3ccc(I)[se]3)c21. The molecule has 0 saturated heterocycles. The molecule has 0 saturated carbocycles. The second-order valence-corrected chi connectivity index (χ2v) is 15.7. The Hall–Kier alpha value is -1.21. The Morgan fingerprint density at radius 1 is 1.17 bits per heavy atom. The number of hydrogen-bond donors (Lipinski definition) is 1. The number of fused-ring (bicyclic) bond motifs is 2. The number of halogens is 1. The fourth-order valence-electron chi connectivity index (χ4n) is 3.38. The molecule has 2 aliphatic rings. The van der Waals surface area contributed by atoms with E-state index >= 15 is 0 Å². The van der Waals surface area contributed by atoms with E-state index in [0.29, 0.717) is 5.75 Å². The van der Waals surface area contributed by atoms with Crippen molar-refractivity contribution in [1.82, 2.24) is 0 Å². The number of ketones is 1. The van der Waals surface area contributed by atoms with Crippen LogP contribution in [0.4, 0.5) is 5.69 Å². The Kier molecular flexibility index (Phi) is 3.83. The van der Waals surface area contributed by atoms with Gasteiger partial charge in [-0.05, 0) is 0 Å². The molecule has 4 rings (SSSR count). The van der Waals surface area contributed by atoms with Crippen LogP contribution in [0.15, 0.2) is 52.7 Å². The average molecular weight is 510 g/mol. The van der Waals surface area contributed by atoms with Crippen LogP contribution in [0.25, 0.3) is 10.0 Å². The van der Waals surface area contributed by atoms with Gasteiger partial charge in [0.2, 0.25) is 0 Å². The van der Waals surface area contributed by atoms with Gasteiger partial charge in [0.1, 0.15) is 0 Å². The van der Waals surface area contributed by atoms with Gasteiger partial charge in [-0.15, -0.1) is 0 Å². The molecule has 0 radical (unpaired) electrons. The summed E-state index contributed by atoms with van der Waals surface area (Å²) in [6.45, 7) is 4.48. The third-order valence-electron chi connectivity index (χ3n) is 4.49. The molecule has 1 aliphatic heterocycles. The third-order valence-corrected chi connectivity index (χ3v) is 11.4. The Morgan fingerprint density at radius 3 is 2.67 bits per heavy atom. The molecular weight excluding hydrogens is 496 g/mol. The van der Waals surface area contributed by atoms with Crippen LogP contribution in [0.3, 0.4) is 0 Å². The maximum atomic E-state index is 11.9. The number of allylic oxidation sites excluding steroid dienone is 4. The van der Waals surface area contributed by atoms with Crippen LogP contribution in [0.1, 0.15) is 0 Å². The van der Waals surface area contributed by atoms with E-state index in [-0.39, 0.29) is 20.3 Å². The standard InChI is InChI=1S/C18H14INO2SeSi/c1-24(2)15-9-10(21)3-4-11(15)20-12-5-6-13(22)17(18(12)24)14-7-8-16(19)23-14/h3-9,22H,1-2H3. The summed E-state index contributed by atoms with van der Waals surface area (Å²) < 4.78 is 2.51. The molecule has 0 atom stereocenters. The van der Waals surface area contributed by atoms with Gasteiger partial charge in [0.15, 0.2) is 0 Å². The molecule has 1 aliphatic carbocycles. The molecule has 0 fully saturated rings. The van der Waals surface area contributed by atoms with Crippen molar-refractivity contribution in [3.63, 3.8) is 0 Å². The number of carbonyl (C=O) groups excluding carboxylic acids is 1. The molecule has 24 heavy (non-hydrogen) atoms. The van der Waals surface area contributed by atoms with Gasteiger partial charge in [-0.25, -0.2) is 0 Å². The van der Waals surface area contributed by atoms with Crippen LogP contribution in [0.5, 0.6) is 5.75 Å². The molecule has 2 heterocycles. The molecule has 120 valence electrons. The number of aromatic hydroxyl groups is 1. The van der Waals surface area contributed by atoms with Crippen molar-refractivity contribution in [2.24, 2.45) is 4.99 Å². The van der Waals surface area contributed by atoms with Crippen LogP contribution in [-0.4, -0.2) is 39.2 Å². The van der Waals surface area contributed by atoms with Crippen LogP contribution < -0.4 is 5.19 Å². The van der Waals surface area contributed by atoms with Crippen LogP contribution in [0, 0.1) is 2.44 Å². The normalized spacial score (nSPS) is 17.9. The van der Waals surface area contributed by atoms with E-state index in [1.807, 2.05) is 12.1 Å². The zero-order valence-electron chi connectivity index (χ0n) is 13.1. The predicted molar refractivity (Wildman–Crippen MR) is 110 cm³/mol. The summed E-state index contributed by atoms with van der Waals surface area (Å²) in [4.78, 5) is 16.7. The molecule has 0 amide bonds. The first-order valence-corrected chi connectivity index (χ1v) is 13.3. The average Bonchev–Trinajstić information content (AvgIpc) is 2.95. The van der Waals surface area contributed by atoms with Gasteiger partial charge in [-0.1, -0.05) is 0 Å². The van der Waals surface area contributed by atoms with Crippen LogP contribution in [0.2, 0.25) is 13.1 Å². The fraction of sp³-hybridized carbons (Fsp3) is 0.111. The summed E-state index contributed by atoms with van der Waals surface area (Å²) in [5, 5.41) is 12.8.